The third kappa shape index (κ3) is 4.05. The summed E-state index contributed by atoms with van der Waals surface area (Å²) in [7, 11) is 2.17. The maximum Gasteiger partial charge on any atom is 0.317 e. The van der Waals surface area contributed by atoms with Gasteiger partial charge >= 0.3 is 6.03 Å². The van der Waals surface area contributed by atoms with E-state index < -0.39 is 0 Å². The summed E-state index contributed by atoms with van der Waals surface area (Å²) >= 11 is 0. The molecule has 3 fully saturated rings. The van der Waals surface area contributed by atoms with E-state index in [1.807, 2.05) is 0 Å². The number of likely N-dealkylation sites (tertiary alicyclic amines) is 1. The summed E-state index contributed by atoms with van der Waals surface area (Å²) in [5, 5.41) is 3.14. The molecule has 0 bridgehead atoms. The van der Waals surface area contributed by atoms with Crippen molar-refractivity contribution in [3.63, 3.8) is 0 Å². The number of fused-ring (bicyclic) bond motifs is 3. The molecule has 5 nitrogen and oxygen atoms in total. The van der Waals surface area contributed by atoms with Crippen molar-refractivity contribution in [2.75, 3.05) is 46.3 Å². The third-order valence-electron chi connectivity index (χ3n) is 6.50. The molecule has 0 unspecified atom stereocenters. The number of hydrogen-bond acceptors (Lipinski definition) is 3. The molecule has 0 aliphatic carbocycles. The minimum atomic E-state index is 0.170. The lowest BCUT2D eigenvalue weighted by Gasteiger charge is -2.33. The summed E-state index contributed by atoms with van der Waals surface area (Å²) in [5.41, 5.74) is 0. The Hall–Kier alpha value is -0.810. The first-order valence-corrected chi connectivity index (χ1v) is 10.0. The van der Waals surface area contributed by atoms with Gasteiger partial charge in [0.15, 0.2) is 0 Å². The molecule has 0 aromatic carbocycles. The number of carbonyl (C=O) groups is 1. The monoisotopic (exact) mass is 336 g/mol. The van der Waals surface area contributed by atoms with Crippen molar-refractivity contribution in [2.45, 2.75) is 58.0 Å². The minimum Gasteiger partial charge on any atom is -0.338 e. The Labute approximate surface area is 147 Å². The third-order valence-corrected chi connectivity index (χ3v) is 6.50. The Morgan fingerprint density at radius 3 is 2.83 bits per heavy atom. The van der Waals surface area contributed by atoms with Crippen LogP contribution >= 0.6 is 0 Å². The molecule has 138 valence electrons. The van der Waals surface area contributed by atoms with E-state index in [4.69, 9.17) is 0 Å². The van der Waals surface area contributed by atoms with Gasteiger partial charge in [-0.15, -0.1) is 0 Å². The van der Waals surface area contributed by atoms with Crippen LogP contribution in [-0.4, -0.2) is 79.1 Å². The molecule has 3 aliphatic heterocycles. The molecule has 3 heterocycles. The van der Waals surface area contributed by atoms with Crippen LogP contribution in [0.4, 0.5) is 4.79 Å². The molecule has 3 rings (SSSR count). The lowest BCUT2D eigenvalue weighted by atomic mass is 9.90. The molecule has 3 aliphatic rings. The van der Waals surface area contributed by atoms with Gasteiger partial charge in [0, 0.05) is 38.3 Å². The van der Waals surface area contributed by atoms with E-state index in [1.54, 1.807) is 0 Å². The van der Waals surface area contributed by atoms with Gasteiger partial charge in [-0.3, -0.25) is 4.90 Å². The van der Waals surface area contributed by atoms with Crippen molar-refractivity contribution in [1.82, 2.24) is 20.0 Å². The molecular formula is C19H36N4O. The van der Waals surface area contributed by atoms with Crippen molar-refractivity contribution in [1.29, 1.82) is 0 Å². The van der Waals surface area contributed by atoms with Gasteiger partial charge in [0.25, 0.3) is 0 Å². The zero-order valence-electron chi connectivity index (χ0n) is 15.8. The molecule has 3 saturated heterocycles. The van der Waals surface area contributed by atoms with Crippen LogP contribution in [0.15, 0.2) is 0 Å². The fourth-order valence-electron chi connectivity index (χ4n) is 4.77. The van der Waals surface area contributed by atoms with Crippen LogP contribution in [0.25, 0.3) is 0 Å². The highest BCUT2D eigenvalue weighted by Crippen LogP contribution is 2.40. The quantitative estimate of drug-likeness (QED) is 0.756. The second-order valence-corrected chi connectivity index (χ2v) is 8.40. The van der Waals surface area contributed by atoms with Crippen LogP contribution in [0.2, 0.25) is 0 Å². The molecule has 0 aromatic heterocycles. The molecule has 0 saturated carbocycles. The predicted molar refractivity (Wildman–Crippen MR) is 98.2 cm³/mol. The summed E-state index contributed by atoms with van der Waals surface area (Å²) in [5.74, 6) is 1.45. The number of piperidine rings is 1. The van der Waals surface area contributed by atoms with Crippen LogP contribution in [0.1, 0.15) is 46.0 Å². The van der Waals surface area contributed by atoms with Gasteiger partial charge in [0.05, 0.1) is 0 Å². The van der Waals surface area contributed by atoms with Crippen molar-refractivity contribution >= 4 is 6.03 Å². The Balaban J connectivity index is 1.34. The Morgan fingerprint density at radius 1 is 1.21 bits per heavy atom. The van der Waals surface area contributed by atoms with Crippen LogP contribution in [0.3, 0.4) is 0 Å². The average molecular weight is 337 g/mol. The molecule has 5 heteroatoms. The second-order valence-electron chi connectivity index (χ2n) is 8.40. The highest BCUT2D eigenvalue weighted by Gasteiger charge is 2.48. The highest BCUT2D eigenvalue weighted by atomic mass is 16.2. The number of hydrogen-bond donors (Lipinski definition) is 1. The minimum absolute atomic E-state index is 0.170. The average Bonchev–Trinajstić information content (AvgIpc) is 3.11. The number of urea groups is 1. The summed E-state index contributed by atoms with van der Waals surface area (Å²) in [4.78, 5) is 19.6. The number of unbranched alkanes of at least 4 members (excludes halogenated alkanes) is 1. The maximum absolute atomic E-state index is 12.4. The van der Waals surface area contributed by atoms with Gasteiger partial charge in [-0.1, -0.05) is 6.42 Å². The van der Waals surface area contributed by atoms with Gasteiger partial charge in [-0.2, -0.15) is 0 Å². The van der Waals surface area contributed by atoms with E-state index in [1.165, 1.54) is 32.4 Å². The van der Waals surface area contributed by atoms with E-state index in [9.17, 15) is 4.79 Å². The zero-order valence-corrected chi connectivity index (χ0v) is 15.8. The van der Waals surface area contributed by atoms with Crippen molar-refractivity contribution < 1.29 is 4.79 Å². The maximum atomic E-state index is 12.4. The van der Waals surface area contributed by atoms with E-state index >= 15 is 0 Å². The summed E-state index contributed by atoms with van der Waals surface area (Å²) in [6.07, 6.45) is 6.31. The SMILES string of the molecule is CC(C)N(C)CCCCNC(=O)N1C[C@@H]2CN3CCCC[C@H]3[C@@H]2C1. The van der Waals surface area contributed by atoms with Gasteiger partial charge in [0.2, 0.25) is 0 Å². The molecular weight excluding hydrogens is 300 g/mol. The number of carbonyl (C=O) groups excluding carboxylic acids is 1. The van der Waals surface area contributed by atoms with Gasteiger partial charge in [-0.05, 0) is 71.5 Å². The number of nitrogens with one attached hydrogen (secondary N) is 1. The molecule has 0 aromatic rings. The molecule has 0 spiro atoms. The number of rotatable bonds is 6. The first kappa shape index (κ1) is 18.0. The molecule has 3 atom stereocenters. The van der Waals surface area contributed by atoms with Gasteiger partial charge in [0.1, 0.15) is 0 Å². The largest absolute Gasteiger partial charge is 0.338 e. The first-order valence-electron chi connectivity index (χ1n) is 10.0. The van der Waals surface area contributed by atoms with Gasteiger partial charge in [-0.25, -0.2) is 4.79 Å². The molecule has 24 heavy (non-hydrogen) atoms. The summed E-state index contributed by atoms with van der Waals surface area (Å²) in [6, 6.07) is 1.53. The molecule has 0 radical (unpaired) electrons. The fourth-order valence-corrected chi connectivity index (χ4v) is 4.77. The smallest absolute Gasteiger partial charge is 0.317 e. The standard InChI is InChI=1S/C19H36N4O/c1-15(2)21(3)10-7-5-9-20-19(24)23-13-16-12-22-11-6-4-8-18(22)17(16)14-23/h15-18H,4-14H2,1-3H3,(H,20,24)/t16-,17+,18-/m0/s1. The second kappa shape index (κ2) is 8.05. The summed E-state index contributed by atoms with van der Waals surface area (Å²) < 4.78 is 0. The van der Waals surface area contributed by atoms with E-state index in [0.29, 0.717) is 6.04 Å². The topological polar surface area (TPSA) is 38.8 Å². The molecule has 1 N–H and O–H groups in total. The molecule has 2 amide bonds. The Kier molecular flexibility index (Phi) is 6.03. The van der Waals surface area contributed by atoms with E-state index in [-0.39, 0.29) is 6.03 Å². The lowest BCUT2D eigenvalue weighted by Crippen LogP contribution is -2.43. The lowest BCUT2D eigenvalue weighted by molar-refractivity contribution is 0.154. The predicted octanol–water partition coefficient (Wildman–Crippen LogP) is 2.23. The normalized spacial score (nSPS) is 30.0. The van der Waals surface area contributed by atoms with Gasteiger partial charge < -0.3 is 15.1 Å². The van der Waals surface area contributed by atoms with E-state index in [2.05, 4.69) is 40.9 Å². The van der Waals surface area contributed by atoms with Crippen LogP contribution in [-0.2, 0) is 0 Å². The number of amides is 2. The highest BCUT2D eigenvalue weighted by molar-refractivity contribution is 5.74. The van der Waals surface area contributed by atoms with Crippen LogP contribution in [0.5, 0.6) is 0 Å². The first-order chi connectivity index (χ1) is 11.6. The Bertz CT molecular complexity index is 428. The van der Waals surface area contributed by atoms with Crippen molar-refractivity contribution in [2.24, 2.45) is 11.8 Å². The fraction of sp³-hybridized carbons (Fsp3) is 0.947. The zero-order chi connectivity index (χ0) is 17.1. The summed E-state index contributed by atoms with van der Waals surface area (Å²) in [6.45, 7) is 10.8. The Morgan fingerprint density at radius 2 is 2.04 bits per heavy atom. The van der Waals surface area contributed by atoms with Crippen molar-refractivity contribution in [3.05, 3.63) is 0 Å². The van der Waals surface area contributed by atoms with E-state index in [0.717, 1.165) is 56.9 Å². The van der Waals surface area contributed by atoms with Crippen LogP contribution in [0, 0.1) is 11.8 Å². The van der Waals surface area contributed by atoms with Crippen molar-refractivity contribution in [3.8, 4) is 0 Å². The number of nitrogens with zero attached hydrogens (tertiary/aromatic N) is 3. The van der Waals surface area contributed by atoms with Crippen LogP contribution < -0.4 is 5.32 Å².